The molecule has 0 fully saturated rings. The summed E-state index contributed by atoms with van der Waals surface area (Å²) < 4.78 is 0. The maximum Gasteiger partial charge on any atom is 0.101 e. The molecule has 0 atom stereocenters. The van der Waals surface area contributed by atoms with E-state index in [1.807, 2.05) is 54.6 Å². The van der Waals surface area contributed by atoms with Crippen molar-refractivity contribution in [1.29, 1.82) is 10.5 Å². The van der Waals surface area contributed by atoms with E-state index in [4.69, 9.17) is 0 Å². The Kier molecular flexibility index (Phi) is 4.28. The molecular weight excluding hydrogens is 366 g/mol. The van der Waals surface area contributed by atoms with Gasteiger partial charge in [0.05, 0.1) is 22.5 Å². The second-order valence-electron chi connectivity index (χ2n) is 7.22. The number of anilines is 3. The van der Waals surface area contributed by atoms with Gasteiger partial charge in [0.15, 0.2) is 0 Å². The summed E-state index contributed by atoms with van der Waals surface area (Å²) in [6, 6.07) is 36.9. The molecule has 30 heavy (non-hydrogen) atoms. The zero-order chi connectivity index (χ0) is 20.5. The van der Waals surface area contributed by atoms with Gasteiger partial charge < -0.3 is 4.90 Å². The fourth-order valence-corrected chi connectivity index (χ4v) is 4.39. The predicted molar refractivity (Wildman–Crippen MR) is 118 cm³/mol. The molecule has 0 unspecified atom stereocenters. The van der Waals surface area contributed by atoms with E-state index in [0.717, 1.165) is 33.8 Å². The van der Waals surface area contributed by atoms with Crippen LogP contribution in [0.5, 0.6) is 0 Å². The minimum absolute atomic E-state index is 0.125. The first-order chi connectivity index (χ1) is 14.8. The molecule has 4 aromatic rings. The average molecular weight is 383 g/mol. The monoisotopic (exact) mass is 383 g/mol. The molecule has 0 N–H and O–H groups in total. The molecule has 0 amide bonds. The van der Waals surface area contributed by atoms with E-state index in [2.05, 4.69) is 53.4 Å². The summed E-state index contributed by atoms with van der Waals surface area (Å²) in [5.41, 5.74) is 7.21. The standard InChI is InChI=1S/C27H17N3/c28-17-19-9-8-14-21(24(19)18-29)27-22-12-4-6-15-25(22)30(20-10-2-1-3-11-20)26-16-7-5-13-23(26)27/h1-16,27H. The summed E-state index contributed by atoms with van der Waals surface area (Å²) in [6.45, 7) is 0. The summed E-state index contributed by atoms with van der Waals surface area (Å²) >= 11 is 0. The van der Waals surface area contributed by atoms with Crippen molar-refractivity contribution < 1.29 is 0 Å². The third kappa shape index (κ3) is 2.65. The number of fused-ring (bicyclic) bond motifs is 2. The highest BCUT2D eigenvalue weighted by Gasteiger charge is 2.33. The lowest BCUT2D eigenvalue weighted by Crippen LogP contribution is -2.22. The van der Waals surface area contributed by atoms with Gasteiger partial charge in [-0.3, -0.25) is 0 Å². The molecule has 1 aliphatic rings. The van der Waals surface area contributed by atoms with E-state index in [9.17, 15) is 10.5 Å². The van der Waals surface area contributed by atoms with Crippen molar-refractivity contribution in [3.05, 3.63) is 125 Å². The maximum atomic E-state index is 9.88. The molecule has 0 spiro atoms. The first-order valence-corrected chi connectivity index (χ1v) is 9.79. The van der Waals surface area contributed by atoms with Gasteiger partial charge in [0.1, 0.15) is 12.1 Å². The molecule has 4 aromatic carbocycles. The number of benzene rings is 4. The highest BCUT2D eigenvalue weighted by molar-refractivity contribution is 5.86. The van der Waals surface area contributed by atoms with Crippen LogP contribution in [0.2, 0.25) is 0 Å². The Bertz CT molecular complexity index is 1280. The molecule has 0 aliphatic carbocycles. The first-order valence-electron chi connectivity index (χ1n) is 9.79. The van der Waals surface area contributed by atoms with E-state index in [1.165, 1.54) is 0 Å². The van der Waals surface area contributed by atoms with E-state index >= 15 is 0 Å². The minimum atomic E-state index is -0.125. The maximum absolute atomic E-state index is 9.88. The normalized spacial score (nSPS) is 12.4. The Hall–Kier alpha value is -4.34. The summed E-state index contributed by atoms with van der Waals surface area (Å²) in [5.74, 6) is -0.125. The lowest BCUT2D eigenvalue weighted by atomic mass is 9.78. The van der Waals surface area contributed by atoms with E-state index in [-0.39, 0.29) is 5.92 Å². The van der Waals surface area contributed by atoms with Gasteiger partial charge in [-0.2, -0.15) is 10.5 Å². The van der Waals surface area contributed by atoms with Crippen LogP contribution in [0.3, 0.4) is 0 Å². The Labute approximate surface area is 175 Å². The van der Waals surface area contributed by atoms with Crippen LogP contribution < -0.4 is 4.90 Å². The second-order valence-corrected chi connectivity index (χ2v) is 7.22. The Morgan fingerprint density at radius 1 is 0.567 bits per heavy atom. The summed E-state index contributed by atoms with van der Waals surface area (Å²) in [7, 11) is 0. The smallest absolute Gasteiger partial charge is 0.101 e. The molecule has 0 radical (unpaired) electrons. The Balaban J connectivity index is 1.83. The van der Waals surface area contributed by atoms with Crippen molar-refractivity contribution >= 4 is 17.1 Å². The highest BCUT2D eigenvalue weighted by Crippen LogP contribution is 2.51. The zero-order valence-corrected chi connectivity index (χ0v) is 16.2. The largest absolute Gasteiger partial charge is 0.310 e. The molecule has 0 saturated heterocycles. The van der Waals surface area contributed by atoms with E-state index in [0.29, 0.717) is 11.1 Å². The van der Waals surface area contributed by atoms with Gasteiger partial charge in [-0.15, -0.1) is 0 Å². The molecule has 3 heteroatoms. The number of hydrogen-bond acceptors (Lipinski definition) is 3. The van der Waals surface area contributed by atoms with Gasteiger partial charge in [-0.25, -0.2) is 0 Å². The zero-order valence-electron chi connectivity index (χ0n) is 16.2. The van der Waals surface area contributed by atoms with Crippen LogP contribution in [0, 0.1) is 22.7 Å². The molecule has 1 aliphatic heterocycles. The molecule has 0 saturated carbocycles. The average Bonchev–Trinajstić information content (AvgIpc) is 2.82. The van der Waals surface area contributed by atoms with Crippen molar-refractivity contribution in [2.45, 2.75) is 5.92 Å². The van der Waals surface area contributed by atoms with Crippen LogP contribution >= 0.6 is 0 Å². The molecule has 1 heterocycles. The Morgan fingerprint density at radius 3 is 1.73 bits per heavy atom. The fourth-order valence-electron chi connectivity index (χ4n) is 4.39. The summed E-state index contributed by atoms with van der Waals surface area (Å²) in [5, 5.41) is 19.4. The summed E-state index contributed by atoms with van der Waals surface area (Å²) in [6.07, 6.45) is 0. The Morgan fingerprint density at radius 2 is 1.13 bits per heavy atom. The minimum Gasteiger partial charge on any atom is -0.310 e. The lowest BCUT2D eigenvalue weighted by Gasteiger charge is -2.38. The van der Waals surface area contributed by atoms with Crippen LogP contribution in [-0.4, -0.2) is 0 Å². The third-order valence-corrected chi connectivity index (χ3v) is 5.63. The van der Waals surface area contributed by atoms with Crippen LogP contribution in [0.15, 0.2) is 97.1 Å². The molecule has 0 aromatic heterocycles. The van der Waals surface area contributed by atoms with Gasteiger partial charge in [-0.05, 0) is 47.0 Å². The highest BCUT2D eigenvalue weighted by atomic mass is 15.2. The van der Waals surface area contributed by atoms with Crippen molar-refractivity contribution in [2.24, 2.45) is 0 Å². The molecule has 140 valence electrons. The quantitative estimate of drug-likeness (QED) is 0.355. The van der Waals surface area contributed by atoms with Gasteiger partial charge in [0.2, 0.25) is 0 Å². The van der Waals surface area contributed by atoms with Crippen LogP contribution in [0.25, 0.3) is 0 Å². The number of hydrogen-bond donors (Lipinski definition) is 0. The van der Waals surface area contributed by atoms with E-state index in [1.54, 1.807) is 6.07 Å². The van der Waals surface area contributed by atoms with E-state index < -0.39 is 0 Å². The van der Waals surface area contributed by atoms with Gasteiger partial charge in [-0.1, -0.05) is 66.7 Å². The SMILES string of the molecule is N#Cc1cccc(C2c3ccccc3N(c3ccccc3)c3ccccc32)c1C#N. The third-order valence-electron chi connectivity index (χ3n) is 5.63. The van der Waals surface area contributed by atoms with Crippen molar-refractivity contribution in [3.63, 3.8) is 0 Å². The predicted octanol–water partition coefficient (Wildman–Crippen LogP) is 6.39. The molecule has 0 bridgehead atoms. The number of nitrogens with zero attached hydrogens (tertiary/aromatic N) is 3. The number of nitriles is 2. The number of para-hydroxylation sites is 3. The lowest BCUT2D eigenvalue weighted by molar-refractivity contribution is 0.933. The van der Waals surface area contributed by atoms with Crippen molar-refractivity contribution in [2.75, 3.05) is 4.90 Å². The van der Waals surface area contributed by atoms with Gasteiger partial charge >= 0.3 is 0 Å². The van der Waals surface area contributed by atoms with Crippen LogP contribution in [-0.2, 0) is 0 Å². The fraction of sp³-hybridized carbons (Fsp3) is 0.0370. The molecule has 3 nitrogen and oxygen atoms in total. The van der Waals surface area contributed by atoms with Crippen LogP contribution in [0.1, 0.15) is 33.7 Å². The van der Waals surface area contributed by atoms with Crippen molar-refractivity contribution in [3.8, 4) is 12.1 Å². The van der Waals surface area contributed by atoms with Crippen molar-refractivity contribution in [1.82, 2.24) is 0 Å². The first kappa shape index (κ1) is 17.7. The molecular formula is C27H17N3. The second kappa shape index (κ2) is 7.24. The topological polar surface area (TPSA) is 50.8 Å². The van der Waals surface area contributed by atoms with Gasteiger partial charge in [0, 0.05) is 11.6 Å². The summed E-state index contributed by atoms with van der Waals surface area (Å²) in [4.78, 5) is 2.27. The molecule has 5 rings (SSSR count). The number of rotatable bonds is 2. The van der Waals surface area contributed by atoms with Gasteiger partial charge in [0.25, 0.3) is 0 Å². The van der Waals surface area contributed by atoms with Crippen LogP contribution in [0.4, 0.5) is 17.1 Å².